The fourth-order valence-corrected chi connectivity index (χ4v) is 4.70. The van der Waals surface area contributed by atoms with Gasteiger partial charge in [0.25, 0.3) is 5.91 Å². The molecular formula is C27H32ClN3O3. The van der Waals surface area contributed by atoms with Crippen LogP contribution in [0, 0.1) is 6.92 Å². The molecule has 1 aliphatic rings. The van der Waals surface area contributed by atoms with E-state index in [0.717, 1.165) is 35.3 Å². The number of aromatic amines is 1. The Bertz CT molecular complexity index is 1160. The molecule has 1 unspecified atom stereocenters. The molecule has 0 saturated heterocycles. The topological polar surface area (TPSA) is 78.5 Å². The number of carbonyl (C=O) groups is 1. The Morgan fingerprint density at radius 1 is 1.12 bits per heavy atom. The molecule has 34 heavy (non-hydrogen) atoms. The van der Waals surface area contributed by atoms with Gasteiger partial charge in [0, 0.05) is 22.7 Å². The van der Waals surface area contributed by atoms with Gasteiger partial charge >= 0.3 is 0 Å². The molecule has 0 spiro atoms. The Kier molecular flexibility index (Phi) is 7.47. The van der Waals surface area contributed by atoms with E-state index >= 15 is 0 Å². The van der Waals surface area contributed by atoms with Crippen LogP contribution in [0.15, 0.2) is 36.4 Å². The molecule has 1 atom stereocenters. The highest BCUT2D eigenvalue weighted by molar-refractivity contribution is 6.31. The molecule has 0 fully saturated rings. The number of unbranched alkanes of at least 4 members (excludes halogenated alkanes) is 3. The quantitative estimate of drug-likeness (QED) is 0.317. The predicted molar refractivity (Wildman–Crippen MR) is 135 cm³/mol. The number of carbonyl (C=O) groups excluding carboxylic acids is 1. The van der Waals surface area contributed by atoms with E-state index in [1.807, 2.05) is 36.1 Å². The summed E-state index contributed by atoms with van der Waals surface area (Å²) in [6, 6.07) is 11.0. The van der Waals surface area contributed by atoms with Crippen molar-refractivity contribution in [2.75, 3.05) is 13.2 Å². The first-order chi connectivity index (χ1) is 16.5. The Hall–Kier alpha value is -2.99. The van der Waals surface area contributed by atoms with Crippen LogP contribution < -0.4 is 4.74 Å². The van der Waals surface area contributed by atoms with Crippen molar-refractivity contribution in [2.45, 2.75) is 58.9 Å². The maximum Gasteiger partial charge on any atom is 0.273 e. The minimum atomic E-state index is -0.311. The highest BCUT2D eigenvalue weighted by Crippen LogP contribution is 2.45. The summed E-state index contributed by atoms with van der Waals surface area (Å²) in [5.74, 6) is 0.819. The van der Waals surface area contributed by atoms with Crippen molar-refractivity contribution in [1.82, 2.24) is 15.1 Å². The number of amides is 1. The van der Waals surface area contributed by atoms with Crippen molar-refractivity contribution in [2.24, 2.45) is 0 Å². The van der Waals surface area contributed by atoms with Crippen molar-refractivity contribution in [3.63, 3.8) is 0 Å². The van der Waals surface area contributed by atoms with Gasteiger partial charge in [0.1, 0.15) is 22.9 Å². The summed E-state index contributed by atoms with van der Waals surface area (Å²) in [5.41, 5.74) is 4.03. The van der Waals surface area contributed by atoms with Crippen LogP contribution in [0.1, 0.15) is 79.2 Å². The molecule has 2 aromatic carbocycles. The maximum atomic E-state index is 13.3. The lowest BCUT2D eigenvalue weighted by Crippen LogP contribution is -2.30. The smallest absolute Gasteiger partial charge is 0.273 e. The largest absolute Gasteiger partial charge is 0.507 e. The molecule has 0 bridgehead atoms. The normalized spacial score (nSPS) is 15.1. The second-order valence-electron chi connectivity index (χ2n) is 8.86. The van der Waals surface area contributed by atoms with E-state index in [4.69, 9.17) is 16.3 Å². The van der Waals surface area contributed by atoms with Gasteiger partial charge < -0.3 is 14.7 Å². The number of hydrogen-bond donors (Lipinski definition) is 2. The number of aromatic nitrogens is 2. The van der Waals surface area contributed by atoms with E-state index < -0.39 is 0 Å². The van der Waals surface area contributed by atoms with E-state index in [0.29, 0.717) is 35.1 Å². The van der Waals surface area contributed by atoms with Crippen molar-refractivity contribution >= 4 is 17.5 Å². The first-order valence-electron chi connectivity index (χ1n) is 12.1. The summed E-state index contributed by atoms with van der Waals surface area (Å²) in [7, 11) is 0. The Balaban J connectivity index is 1.67. The molecule has 0 saturated carbocycles. The van der Waals surface area contributed by atoms with E-state index in [1.54, 1.807) is 12.1 Å². The van der Waals surface area contributed by atoms with E-state index in [2.05, 4.69) is 24.0 Å². The molecule has 0 radical (unpaired) electrons. The SMILES string of the molecule is CCCCCCOc1ccc(C2c3c(-c4cc(Cl)c(C)cc4O)n[nH]c3C(=O)N2CCC)cc1. The highest BCUT2D eigenvalue weighted by atomic mass is 35.5. The number of aryl methyl sites for hydroxylation is 1. The summed E-state index contributed by atoms with van der Waals surface area (Å²) in [4.78, 5) is 15.1. The van der Waals surface area contributed by atoms with Gasteiger partial charge in [-0.1, -0.05) is 56.8 Å². The van der Waals surface area contributed by atoms with Crippen LogP contribution in [-0.4, -0.2) is 39.3 Å². The molecular weight excluding hydrogens is 450 g/mol. The molecule has 2 N–H and O–H groups in total. The van der Waals surface area contributed by atoms with E-state index in [-0.39, 0.29) is 17.7 Å². The fourth-order valence-electron chi connectivity index (χ4n) is 4.54. The van der Waals surface area contributed by atoms with Crippen LogP contribution in [0.4, 0.5) is 0 Å². The van der Waals surface area contributed by atoms with Crippen molar-refractivity contribution in [3.05, 3.63) is 63.8 Å². The first-order valence-corrected chi connectivity index (χ1v) is 12.5. The zero-order valence-corrected chi connectivity index (χ0v) is 20.8. The molecule has 2 heterocycles. The van der Waals surface area contributed by atoms with Gasteiger partial charge in [-0.05, 0) is 55.2 Å². The number of ether oxygens (including phenoxy) is 1. The number of aromatic hydroxyl groups is 1. The van der Waals surface area contributed by atoms with Gasteiger partial charge in [-0.25, -0.2) is 0 Å². The lowest BCUT2D eigenvalue weighted by atomic mass is 9.95. The minimum Gasteiger partial charge on any atom is -0.507 e. The summed E-state index contributed by atoms with van der Waals surface area (Å²) in [6.07, 6.45) is 5.47. The number of hydrogen-bond acceptors (Lipinski definition) is 4. The second-order valence-corrected chi connectivity index (χ2v) is 9.27. The fraction of sp³-hybridized carbons (Fsp3) is 0.407. The van der Waals surface area contributed by atoms with Crippen LogP contribution >= 0.6 is 11.6 Å². The monoisotopic (exact) mass is 481 g/mol. The molecule has 4 rings (SSSR count). The predicted octanol–water partition coefficient (Wildman–Crippen LogP) is 6.66. The number of H-pyrrole nitrogens is 1. The third kappa shape index (κ3) is 4.64. The van der Waals surface area contributed by atoms with Crippen LogP contribution in [0.2, 0.25) is 5.02 Å². The molecule has 0 aliphatic carbocycles. The van der Waals surface area contributed by atoms with Gasteiger partial charge in [-0.15, -0.1) is 0 Å². The lowest BCUT2D eigenvalue weighted by molar-refractivity contribution is 0.0744. The molecule has 1 amide bonds. The average molecular weight is 482 g/mol. The standard InChI is InChI=1S/C27H32ClN3O3/c1-4-6-7-8-14-34-19-11-9-18(10-12-19)26-23-24(20-16-21(28)17(3)15-22(20)32)29-30-25(23)27(33)31(26)13-5-2/h9-12,15-16,26,32H,4-8,13-14H2,1-3H3,(H,29,30). The van der Waals surface area contributed by atoms with Crippen LogP contribution in [0.3, 0.4) is 0 Å². The van der Waals surface area contributed by atoms with Crippen LogP contribution in [0.5, 0.6) is 11.5 Å². The zero-order valence-electron chi connectivity index (χ0n) is 20.0. The number of rotatable bonds is 10. The molecule has 1 aliphatic heterocycles. The zero-order chi connectivity index (χ0) is 24.2. The van der Waals surface area contributed by atoms with Crippen molar-refractivity contribution in [3.8, 4) is 22.8 Å². The molecule has 180 valence electrons. The van der Waals surface area contributed by atoms with Gasteiger partial charge in [0.2, 0.25) is 0 Å². The van der Waals surface area contributed by atoms with E-state index in [1.165, 1.54) is 19.3 Å². The van der Waals surface area contributed by atoms with Gasteiger partial charge in [0.15, 0.2) is 0 Å². The molecule has 7 heteroatoms. The first kappa shape index (κ1) is 24.1. The number of fused-ring (bicyclic) bond motifs is 1. The Morgan fingerprint density at radius 3 is 2.59 bits per heavy atom. The average Bonchev–Trinajstić information content (AvgIpc) is 3.36. The number of nitrogens with one attached hydrogen (secondary N) is 1. The number of nitrogens with zero attached hydrogens (tertiary/aromatic N) is 2. The van der Waals surface area contributed by atoms with Crippen LogP contribution in [0.25, 0.3) is 11.3 Å². The molecule has 6 nitrogen and oxygen atoms in total. The van der Waals surface area contributed by atoms with Crippen LogP contribution in [-0.2, 0) is 0 Å². The van der Waals surface area contributed by atoms with Gasteiger partial charge in [0.05, 0.1) is 12.6 Å². The number of benzene rings is 2. The number of halogens is 1. The van der Waals surface area contributed by atoms with Crippen molar-refractivity contribution in [1.29, 1.82) is 0 Å². The number of phenolic OH excluding ortho intramolecular Hbond substituents is 1. The number of phenols is 1. The molecule has 3 aromatic rings. The van der Waals surface area contributed by atoms with Crippen molar-refractivity contribution < 1.29 is 14.6 Å². The van der Waals surface area contributed by atoms with Gasteiger partial charge in [-0.2, -0.15) is 5.10 Å². The summed E-state index contributed by atoms with van der Waals surface area (Å²) in [6.45, 7) is 7.40. The van der Waals surface area contributed by atoms with Gasteiger partial charge in [-0.3, -0.25) is 9.89 Å². The third-order valence-corrected chi connectivity index (χ3v) is 6.73. The summed E-state index contributed by atoms with van der Waals surface area (Å²) in [5, 5.41) is 18.5. The summed E-state index contributed by atoms with van der Waals surface area (Å²) < 4.78 is 5.91. The van der Waals surface area contributed by atoms with E-state index in [9.17, 15) is 9.90 Å². The maximum absolute atomic E-state index is 13.3. The Labute approximate surface area is 205 Å². The molecule has 1 aromatic heterocycles. The second kappa shape index (κ2) is 10.5. The minimum absolute atomic E-state index is 0.0863. The summed E-state index contributed by atoms with van der Waals surface area (Å²) >= 11 is 6.36. The highest BCUT2D eigenvalue weighted by Gasteiger charge is 2.42. The Morgan fingerprint density at radius 2 is 1.88 bits per heavy atom. The third-order valence-electron chi connectivity index (χ3n) is 6.32. The lowest BCUT2D eigenvalue weighted by Gasteiger charge is -2.26.